The van der Waals surface area contributed by atoms with Crippen LogP contribution < -0.4 is 5.11 Å². The molecule has 82 valence electrons. The van der Waals surface area contributed by atoms with Crippen molar-refractivity contribution in [1.29, 1.82) is 0 Å². The molecule has 0 aliphatic carbocycles. The summed E-state index contributed by atoms with van der Waals surface area (Å²) in [6, 6.07) is 6.08. The summed E-state index contributed by atoms with van der Waals surface area (Å²) in [6.45, 7) is 0.565. The molecule has 1 heterocycles. The normalized spacial score (nSPS) is 17.5. The van der Waals surface area contributed by atoms with Gasteiger partial charge in [-0.1, -0.05) is 4.68 Å². The van der Waals surface area contributed by atoms with Gasteiger partial charge in [0.05, 0.1) is 4.92 Å². The predicted octanol–water partition coefficient (Wildman–Crippen LogP) is 0.104. The molecule has 0 radical (unpaired) electrons. The zero-order valence-electron chi connectivity index (χ0n) is 8.37. The molecule has 0 amide bonds. The first kappa shape index (κ1) is 10.3. The quantitative estimate of drug-likeness (QED) is 0.402. The minimum atomic E-state index is -0.451. The van der Waals surface area contributed by atoms with Crippen LogP contribution in [0.15, 0.2) is 29.4 Å². The summed E-state index contributed by atoms with van der Waals surface area (Å²) < 4.78 is 1.55. The number of non-ortho nitro benzene ring substituents is 1. The topological polar surface area (TPSA) is 81.6 Å². The fourth-order valence-electron chi connectivity index (χ4n) is 1.40. The molecule has 1 aromatic rings. The van der Waals surface area contributed by atoms with Crippen molar-refractivity contribution in [1.82, 2.24) is 0 Å². The molecule has 6 nitrogen and oxygen atoms in total. The van der Waals surface area contributed by atoms with Crippen LogP contribution in [0.2, 0.25) is 0 Å². The smallest absolute Gasteiger partial charge is 0.269 e. The van der Waals surface area contributed by atoms with Crippen molar-refractivity contribution in [2.75, 3.05) is 6.54 Å². The summed E-state index contributed by atoms with van der Waals surface area (Å²) in [5.74, 6) is -0.141. The molecular weight excluding hydrogens is 210 g/mol. The number of nitrogens with zero attached hydrogens (tertiary/aromatic N) is 3. The Labute approximate surface area is 91.3 Å². The Morgan fingerprint density at radius 1 is 1.38 bits per heavy atom. The number of hydrogen-bond acceptors (Lipinski definition) is 4. The minimum Gasteiger partial charge on any atom is -0.857 e. The highest BCUT2D eigenvalue weighted by molar-refractivity contribution is 5.77. The van der Waals surface area contributed by atoms with E-state index in [9.17, 15) is 15.2 Å². The van der Waals surface area contributed by atoms with Crippen molar-refractivity contribution in [2.24, 2.45) is 5.10 Å². The first-order valence-corrected chi connectivity index (χ1v) is 4.75. The number of nitro benzene ring substituents is 1. The Balaban J connectivity index is 2.20. The van der Waals surface area contributed by atoms with Gasteiger partial charge in [-0.25, -0.2) is 0 Å². The van der Waals surface area contributed by atoms with Gasteiger partial charge >= 0.3 is 0 Å². The van der Waals surface area contributed by atoms with Crippen LogP contribution in [0.25, 0.3) is 0 Å². The van der Waals surface area contributed by atoms with E-state index in [0.29, 0.717) is 13.0 Å². The van der Waals surface area contributed by atoms with Crippen LogP contribution in [-0.2, 0) is 0 Å². The summed E-state index contributed by atoms with van der Waals surface area (Å²) in [6.07, 6.45) is 2.11. The van der Waals surface area contributed by atoms with Gasteiger partial charge < -0.3 is 5.11 Å². The lowest BCUT2D eigenvalue weighted by Crippen LogP contribution is -2.13. The molecule has 1 aliphatic rings. The van der Waals surface area contributed by atoms with Gasteiger partial charge in [0.1, 0.15) is 0 Å². The highest BCUT2D eigenvalue weighted by Crippen LogP contribution is 2.10. The van der Waals surface area contributed by atoms with Crippen LogP contribution in [0.4, 0.5) is 5.69 Å². The fourth-order valence-corrected chi connectivity index (χ4v) is 1.40. The van der Waals surface area contributed by atoms with Crippen LogP contribution in [0, 0.1) is 10.1 Å². The molecule has 16 heavy (non-hydrogen) atoms. The maximum atomic E-state index is 10.9. The van der Waals surface area contributed by atoms with E-state index in [0.717, 1.165) is 5.56 Å². The van der Waals surface area contributed by atoms with Gasteiger partial charge in [-0.2, -0.15) is 0 Å². The molecule has 0 unspecified atom stereocenters. The van der Waals surface area contributed by atoms with Gasteiger partial charge in [0.2, 0.25) is 6.21 Å². The monoisotopic (exact) mass is 219 g/mol. The van der Waals surface area contributed by atoms with Gasteiger partial charge in [0.25, 0.3) is 5.69 Å². The largest absolute Gasteiger partial charge is 0.857 e. The SMILES string of the molecule is O=[N+]([O-])c1ccc(/C=[N+]2/CCC([O-])=N2)cc1. The maximum absolute atomic E-state index is 10.9. The average molecular weight is 219 g/mol. The number of nitro groups is 1. The van der Waals surface area contributed by atoms with Crippen LogP contribution in [0.3, 0.4) is 0 Å². The van der Waals surface area contributed by atoms with Crippen LogP contribution in [-0.4, -0.2) is 28.3 Å². The molecule has 0 atom stereocenters. The predicted molar refractivity (Wildman–Crippen MR) is 55.4 cm³/mol. The second-order valence-corrected chi connectivity index (χ2v) is 3.38. The lowest BCUT2D eigenvalue weighted by atomic mass is 10.2. The van der Waals surface area contributed by atoms with Gasteiger partial charge in [0.15, 0.2) is 6.54 Å². The molecule has 2 rings (SSSR count). The summed E-state index contributed by atoms with van der Waals surface area (Å²) in [7, 11) is 0. The van der Waals surface area contributed by atoms with Crippen molar-refractivity contribution in [3.05, 3.63) is 39.9 Å². The van der Waals surface area contributed by atoms with Crippen molar-refractivity contribution < 1.29 is 14.7 Å². The Morgan fingerprint density at radius 3 is 2.56 bits per heavy atom. The average Bonchev–Trinajstić information content (AvgIpc) is 2.65. The Bertz CT molecular complexity index is 477. The summed E-state index contributed by atoms with van der Waals surface area (Å²) in [5.41, 5.74) is 0.829. The van der Waals surface area contributed by atoms with E-state index >= 15 is 0 Å². The van der Waals surface area contributed by atoms with E-state index in [1.165, 1.54) is 12.1 Å². The molecule has 0 fully saturated rings. The third-order valence-corrected chi connectivity index (χ3v) is 2.20. The van der Waals surface area contributed by atoms with E-state index in [1.807, 2.05) is 0 Å². The van der Waals surface area contributed by atoms with Crippen molar-refractivity contribution >= 4 is 17.8 Å². The van der Waals surface area contributed by atoms with Crippen molar-refractivity contribution in [2.45, 2.75) is 6.42 Å². The van der Waals surface area contributed by atoms with E-state index in [2.05, 4.69) is 5.10 Å². The van der Waals surface area contributed by atoms with Gasteiger partial charge in [-0.05, 0) is 17.2 Å². The zero-order chi connectivity index (χ0) is 11.5. The van der Waals surface area contributed by atoms with Crippen molar-refractivity contribution in [3.63, 3.8) is 0 Å². The van der Waals surface area contributed by atoms with Crippen LogP contribution >= 0.6 is 0 Å². The zero-order valence-corrected chi connectivity index (χ0v) is 8.37. The Hall–Kier alpha value is -2.24. The molecule has 1 aromatic carbocycles. The number of hydrogen-bond donors (Lipinski definition) is 0. The third-order valence-electron chi connectivity index (χ3n) is 2.20. The first-order valence-electron chi connectivity index (χ1n) is 4.75. The molecule has 6 heteroatoms. The van der Waals surface area contributed by atoms with E-state index < -0.39 is 4.92 Å². The highest BCUT2D eigenvalue weighted by atomic mass is 16.6. The van der Waals surface area contributed by atoms with Crippen LogP contribution in [0.1, 0.15) is 12.0 Å². The molecule has 0 N–H and O–H groups in total. The highest BCUT2D eigenvalue weighted by Gasteiger charge is 2.11. The lowest BCUT2D eigenvalue weighted by Gasteiger charge is -1.91. The van der Waals surface area contributed by atoms with Crippen LogP contribution in [0.5, 0.6) is 0 Å². The molecule has 0 bridgehead atoms. The van der Waals surface area contributed by atoms with E-state index in [-0.39, 0.29) is 11.6 Å². The number of benzene rings is 1. The summed E-state index contributed by atoms with van der Waals surface area (Å²) in [5, 5.41) is 25.0. The van der Waals surface area contributed by atoms with Gasteiger partial charge in [0, 0.05) is 30.0 Å². The second kappa shape index (κ2) is 4.09. The molecule has 0 saturated carbocycles. The molecule has 0 saturated heterocycles. The Kier molecular flexibility index (Phi) is 2.63. The summed E-state index contributed by atoms with van der Waals surface area (Å²) >= 11 is 0. The minimum absolute atomic E-state index is 0.0478. The summed E-state index contributed by atoms with van der Waals surface area (Å²) in [4.78, 5) is 9.97. The standard InChI is InChI=1S/C10H9N3O3/c14-10-5-6-12(11-10)7-8-1-3-9(4-2-8)13(15)16/h1-4,7H,5-6H2/b12-7-. The second-order valence-electron chi connectivity index (χ2n) is 3.38. The van der Waals surface area contributed by atoms with E-state index in [1.54, 1.807) is 23.0 Å². The maximum Gasteiger partial charge on any atom is 0.269 e. The number of rotatable bonds is 2. The van der Waals surface area contributed by atoms with Crippen molar-refractivity contribution in [3.8, 4) is 0 Å². The number of hydrazone groups is 1. The third kappa shape index (κ3) is 2.22. The molecule has 1 aliphatic heterocycles. The van der Waals surface area contributed by atoms with E-state index in [4.69, 9.17) is 0 Å². The first-order chi connectivity index (χ1) is 7.65. The molecular formula is C10H9N3O3. The Morgan fingerprint density at radius 2 is 2.06 bits per heavy atom. The van der Waals surface area contributed by atoms with Gasteiger partial charge in [-0.3, -0.25) is 10.1 Å². The molecule has 0 spiro atoms. The molecule has 0 aromatic heterocycles. The van der Waals surface area contributed by atoms with Gasteiger partial charge in [-0.15, -0.1) is 0 Å². The lowest BCUT2D eigenvalue weighted by molar-refractivity contribution is -0.519. The fraction of sp³-hybridized carbons (Fsp3) is 0.200.